The summed E-state index contributed by atoms with van der Waals surface area (Å²) in [6.07, 6.45) is -2.27. The largest absolute Gasteiger partial charge is 0.465 e. The second kappa shape index (κ2) is 10.9. The number of halogens is 1. The number of aryl methyl sites for hydroxylation is 2. The number of amides is 2. The number of nitrogens with one attached hydrogen (secondary N) is 1. The van der Waals surface area contributed by atoms with Crippen molar-refractivity contribution in [1.29, 1.82) is 0 Å². The fourth-order valence-corrected chi connectivity index (χ4v) is 5.49. The number of carboxylic acid groups (broad SMARTS) is 1. The Labute approximate surface area is 224 Å². The molecule has 1 atom stereocenters. The summed E-state index contributed by atoms with van der Waals surface area (Å²) in [5.41, 5.74) is 3.20. The normalized spacial score (nSPS) is 16.2. The Morgan fingerprint density at radius 2 is 1.63 bits per heavy atom. The number of aliphatic hydroxyl groups excluding tert-OH is 1. The third-order valence-corrected chi connectivity index (χ3v) is 7.63. The van der Waals surface area contributed by atoms with Crippen LogP contribution in [0.1, 0.15) is 21.5 Å². The number of aromatic nitrogens is 2. The van der Waals surface area contributed by atoms with E-state index in [-0.39, 0.29) is 47.7 Å². The average Bonchev–Trinajstić information content (AvgIpc) is 3.05. The third kappa shape index (κ3) is 6.04. The van der Waals surface area contributed by atoms with Gasteiger partial charge in [-0.15, -0.1) is 0 Å². The van der Waals surface area contributed by atoms with E-state index in [1.807, 2.05) is 32.0 Å². The molecule has 1 aliphatic rings. The van der Waals surface area contributed by atoms with Crippen LogP contribution in [0.2, 0.25) is 5.15 Å². The van der Waals surface area contributed by atoms with Gasteiger partial charge in [-0.05, 0) is 43.2 Å². The first kappa shape index (κ1) is 27.3. The first-order chi connectivity index (χ1) is 17.9. The molecule has 38 heavy (non-hydrogen) atoms. The minimum Gasteiger partial charge on any atom is -0.465 e. The maximum Gasteiger partial charge on any atom is 0.407 e. The summed E-state index contributed by atoms with van der Waals surface area (Å²) in [6, 6.07) is 12.7. The van der Waals surface area contributed by atoms with Gasteiger partial charge in [-0.1, -0.05) is 35.9 Å². The average molecular weight is 560 g/mol. The van der Waals surface area contributed by atoms with Crippen LogP contribution in [0.5, 0.6) is 0 Å². The van der Waals surface area contributed by atoms with Crippen molar-refractivity contribution in [2.45, 2.75) is 24.8 Å². The topological polar surface area (TPSA) is 153 Å². The third-order valence-electron chi connectivity index (χ3n) is 6.11. The van der Waals surface area contributed by atoms with Crippen molar-refractivity contribution >= 4 is 39.6 Å². The molecule has 4 rings (SSSR count). The lowest BCUT2D eigenvalue weighted by molar-refractivity contribution is 0.0664. The van der Waals surface area contributed by atoms with Crippen molar-refractivity contribution in [3.8, 4) is 11.3 Å². The predicted molar refractivity (Wildman–Crippen MR) is 141 cm³/mol. The van der Waals surface area contributed by atoms with Gasteiger partial charge in [0.2, 0.25) is 5.95 Å². The number of aliphatic hydroxyl groups is 1. The van der Waals surface area contributed by atoms with E-state index in [1.165, 1.54) is 29.2 Å². The highest BCUT2D eigenvalue weighted by atomic mass is 35.5. The van der Waals surface area contributed by atoms with Crippen LogP contribution in [0.15, 0.2) is 53.4 Å². The summed E-state index contributed by atoms with van der Waals surface area (Å²) in [6.45, 7) is 3.68. The lowest BCUT2D eigenvalue weighted by Crippen LogP contribution is -2.37. The Balaban J connectivity index is 1.59. The number of carbonyl (C=O) groups excluding carboxylic acids is 1. The van der Waals surface area contributed by atoms with Gasteiger partial charge in [0.15, 0.2) is 0 Å². The summed E-state index contributed by atoms with van der Waals surface area (Å²) in [7, 11) is -4.21. The fraction of sp³-hybridized carbons (Fsp3) is 0.280. The van der Waals surface area contributed by atoms with E-state index >= 15 is 0 Å². The summed E-state index contributed by atoms with van der Waals surface area (Å²) in [5, 5.41) is 19.4. The van der Waals surface area contributed by atoms with Gasteiger partial charge in [0.05, 0.1) is 23.2 Å². The monoisotopic (exact) mass is 559 g/mol. The molecule has 1 saturated heterocycles. The van der Waals surface area contributed by atoms with Crippen LogP contribution in [0.3, 0.4) is 0 Å². The molecule has 1 fully saturated rings. The number of rotatable bonds is 5. The molecule has 2 aromatic carbocycles. The predicted octanol–water partition coefficient (Wildman–Crippen LogP) is 3.01. The molecule has 0 saturated carbocycles. The van der Waals surface area contributed by atoms with E-state index < -0.39 is 28.1 Å². The smallest absolute Gasteiger partial charge is 0.407 e. The van der Waals surface area contributed by atoms with Crippen LogP contribution in [-0.2, 0) is 10.0 Å². The van der Waals surface area contributed by atoms with Gasteiger partial charge in [-0.25, -0.2) is 27.9 Å². The van der Waals surface area contributed by atoms with Crippen LogP contribution in [0, 0.1) is 13.8 Å². The lowest BCUT2D eigenvalue weighted by atomic mass is 10.00. The van der Waals surface area contributed by atoms with Crippen LogP contribution in [-0.4, -0.2) is 82.7 Å². The Bertz CT molecular complexity index is 1480. The lowest BCUT2D eigenvalue weighted by Gasteiger charge is -2.22. The van der Waals surface area contributed by atoms with Gasteiger partial charge in [-0.2, -0.15) is 0 Å². The van der Waals surface area contributed by atoms with E-state index in [0.717, 1.165) is 21.6 Å². The Hall–Kier alpha value is -3.74. The number of benzene rings is 2. The highest BCUT2D eigenvalue weighted by Crippen LogP contribution is 2.28. The van der Waals surface area contributed by atoms with Gasteiger partial charge in [-0.3, -0.25) is 4.79 Å². The summed E-state index contributed by atoms with van der Waals surface area (Å²) >= 11 is 6.19. The molecule has 2 amide bonds. The number of hydrogen-bond donors (Lipinski definition) is 3. The van der Waals surface area contributed by atoms with E-state index in [1.54, 1.807) is 6.07 Å². The zero-order valence-electron chi connectivity index (χ0n) is 20.6. The molecule has 13 heteroatoms. The Kier molecular flexibility index (Phi) is 7.86. The number of sulfonamides is 1. The molecule has 0 spiro atoms. The molecule has 0 bridgehead atoms. The fourth-order valence-electron chi connectivity index (χ4n) is 4.32. The molecular formula is C25H26ClN5O6S. The number of hydrogen-bond acceptors (Lipinski definition) is 7. The maximum absolute atomic E-state index is 13.2. The highest BCUT2D eigenvalue weighted by molar-refractivity contribution is 7.92. The molecular weight excluding hydrogens is 534 g/mol. The van der Waals surface area contributed by atoms with Gasteiger partial charge < -0.3 is 20.0 Å². The Morgan fingerprint density at radius 1 is 1.00 bits per heavy atom. The Morgan fingerprint density at radius 3 is 2.32 bits per heavy atom. The number of anilines is 1. The van der Waals surface area contributed by atoms with Crippen molar-refractivity contribution in [3.05, 3.63) is 70.4 Å². The van der Waals surface area contributed by atoms with Crippen molar-refractivity contribution in [3.63, 3.8) is 0 Å². The first-order valence-corrected chi connectivity index (χ1v) is 13.5. The van der Waals surface area contributed by atoms with E-state index in [0.29, 0.717) is 5.69 Å². The van der Waals surface area contributed by atoms with Gasteiger partial charge in [0.1, 0.15) is 5.15 Å². The van der Waals surface area contributed by atoms with E-state index in [4.69, 9.17) is 11.6 Å². The summed E-state index contributed by atoms with van der Waals surface area (Å²) in [4.78, 5) is 34.9. The highest BCUT2D eigenvalue weighted by Gasteiger charge is 2.28. The molecule has 200 valence electrons. The van der Waals surface area contributed by atoms with Crippen molar-refractivity contribution in [2.75, 3.05) is 30.9 Å². The van der Waals surface area contributed by atoms with Crippen LogP contribution in [0.4, 0.5) is 10.7 Å². The number of nitrogens with zero attached hydrogens (tertiary/aromatic N) is 4. The molecule has 3 aromatic rings. The van der Waals surface area contributed by atoms with Gasteiger partial charge >= 0.3 is 6.09 Å². The zero-order valence-corrected chi connectivity index (χ0v) is 22.2. The molecule has 1 aromatic heterocycles. The van der Waals surface area contributed by atoms with Gasteiger partial charge in [0.25, 0.3) is 15.9 Å². The van der Waals surface area contributed by atoms with Crippen LogP contribution < -0.4 is 4.72 Å². The van der Waals surface area contributed by atoms with Gasteiger partial charge in [0, 0.05) is 36.8 Å². The molecule has 1 aliphatic heterocycles. The van der Waals surface area contributed by atoms with Crippen LogP contribution >= 0.6 is 11.6 Å². The maximum atomic E-state index is 13.2. The van der Waals surface area contributed by atoms with Crippen LogP contribution in [0.25, 0.3) is 11.3 Å². The second-order valence-electron chi connectivity index (χ2n) is 8.93. The van der Waals surface area contributed by atoms with E-state index in [2.05, 4.69) is 14.7 Å². The van der Waals surface area contributed by atoms with E-state index in [9.17, 15) is 28.2 Å². The molecule has 11 nitrogen and oxygen atoms in total. The SMILES string of the molecule is Cc1cccc(C)c1-c1cc(Cl)nc(NS(=O)(=O)c2cccc(C(=O)N3CCN(C(=O)O)CC(O)C3)c2)n1. The van der Waals surface area contributed by atoms with Crippen molar-refractivity contribution in [2.24, 2.45) is 0 Å². The second-order valence-corrected chi connectivity index (χ2v) is 11.0. The molecule has 2 heterocycles. The van der Waals surface area contributed by atoms with Crippen molar-refractivity contribution in [1.82, 2.24) is 19.8 Å². The summed E-state index contributed by atoms with van der Waals surface area (Å²) < 4.78 is 28.7. The quantitative estimate of drug-likeness (QED) is 0.403. The number of β-amino-alcohol motifs (C(OH)–C–C–N with tert-alkyl or cyclic N) is 1. The minimum atomic E-state index is -4.21. The van der Waals surface area contributed by atoms with Crippen molar-refractivity contribution < 1.29 is 28.2 Å². The molecule has 0 radical (unpaired) electrons. The minimum absolute atomic E-state index is 0.0203. The number of carbonyl (C=O) groups is 2. The molecule has 1 unspecified atom stereocenters. The molecule has 3 N–H and O–H groups in total. The standard InChI is InChI=1S/C25H26ClN5O6S/c1-15-5-3-6-16(2)22(15)20-12-21(26)28-24(27-20)29-38(36,37)19-8-4-7-17(11-19)23(33)30-9-10-31(25(34)35)14-18(32)13-30/h3-8,11-12,18,32H,9-10,13-14H2,1-2H3,(H,34,35)(H,27,28,29). The zero-order chi connectivity index (χ0) is 27.6. The first-order valence-electron chi connectivity index (χ1n) is 11.6. The molecule has 0 aliphatic carbocycles. The summed E-state index contributed by atoms with van der Waals surface area (Å²) in [5.74, 6) is -0.763.